The minimum atomic E-state index is -0.991. The number of anilines is 1. The van der Waals surface area contributed by atoms with Crippen LogP contribution in [0.2, 0.25) is 5.02 Å². The molecule has 0 radical (unpaired) electrons. The molecule has 3 nitrogen and oxygen atoms in total. The molecule has 0 aliphatic heterocycles. The maximum atomic E-state index is 13.0. The smallest absolute Gasteiger partial charge is 0.338 e. The Balaban J connectivity index is 2.04. The highest BCUT2D eigenvalue weighted by Gasteiger charge is 2.10. The molecule has 0 atom stereocenters. The van der Waals surface area contributed by atoms with E-state index in [0.717, 1.165) is 12.1 Å². The summed E-state index contributed by atoms with van der Waals surface area (Å²) in [7, 11) is 0. The molecule has 6 heteroatoms. The van der Waals surface area contributed by atoms with Gasteiger partial charge < -0.3 is 10.5 Å². The summed E-state index contributed by atoms with van der Waals surface area (Å²) >= 11 is 5.74. The predicted molar refractivity (Wildman–Crippen MR) is 71.3 cm³/mol. The molecule has 2 aromatic carbocycles. The van der Waals surface area contributed by atoms with Crippen molar-refractivity contribution in [1.82, 2.24) is 0 Å². The highest BCUT2D eigenvalue weighted by Crippen LogP contribution is 2.20. The van der Waals surface area contributed by atoms with E-state index < -0.39 is 17.6 Å². The SMILES string of the molecule is Nc1cc(C(=O)OCc2ccc(F)c(F)c2)ccc1Cl. The van der Waals surface area contributed by atoms with Gasteiger partial charge in [-0.15, -0.1) is 0 Å². The topological polar surface area (TPSA) is 52.3 Å². The van der Waals surface area contributed by atoms with E-state index in [0.29, 0.717) is 10.6 Å². The van der Waals surface area contributed by atoms with Crippen LogP contribution < -0.4 is 5.73 Å². The average molecular weight is 298 g/mol. The molecule has 0 bridgehead atoms. The van der Waals surface area contributed by atoms with Crippen molar-refractivity contribution in [1.29, 1.82) is 0 Å². The van der Waals surface area contributed by atoms with E-state index in [1.165, 1.54) is 24.3 Å². The van der Waals surface area contributed by atoms with Crippen molar-refractivity contribution in [3.05, 3.63) is 64.2 Å². The first kappa shape index (κ1) is 14.3. The van der Waals surface area contributed by atoms with Gasteiger partial charge in [-0.1, -0.05) is 17.7 Å². The molecule has 0 aliphatic carbocycles. The summed E-state index contributed by atoms with van der Waals surface area (Å²) in [6.45, 7) is -0.168. The molecule has 0 saturated heterocycles. The molecule has 0 heterocycles. The first-order valence-electron chi connectivity index (χ1n) is 5.63. The zero-order chi connectivity index (χ0) is 14.7. The number of nitrogen functional groups attached to an aromatic ring is 1. The number of carbonyl (C=O) groups is 1. The van der Waals surface area contributed by atoms with Crippen LogP contribution in [0.5, 0.6) is 0 Å². The van der Waals surface area contributed by atoms with E-state index in [1.54, 1.807) is 0 Å². The van der Waals surface area contributed by atoms with Crippen molar-refractivity contribution >= 4 is 23.3 Å². The zero-order valence-electron chi connectivity index (χ0n) is 10.2. The van der Waals surface area contributed by atoms with E-state index >= 15 is 0 Å². The van der Waals surface area contributed by atoms with Crippen molar-refractivity contribution in [3.8, 4) is 0 Å². The summed E-state index contributed by atoms with van der Waals surface area (Å²) in [5.74, 6) is -2.57. The zero-order valence-corrected chi connectivity index (χ0v) is 11.0. The fourth-order valence-electron chi connectivity index (χ4n) is 1.53. The van der Waals surface area contributed by atoms with Gasteiger partial charge in [-0.25, -0.2) is 13.6 Å². The molecule has 0 aromatic heterocycles. The molecule has 2 aromatic rings. The minimum absolute atomic E-state index is 0.168. The molecule has 0 aliphatic rings. The molecule has 0 amide bonds. The summed E-state index contributed by atoms with van der Waals surface area (Å²) < 4.78 is 30.7. The highest BCUT2D eigenvalue weighted by molar-refractivity contribution is 6.33. The summed E-state index contributed by atoms with van der Waals surface area (Å²) in [5.41, 5.74) is 6.41. The lowest BCUT2D eigenvalue weighted by Crippen LogP contribution is -2.06. The van der Waals surface area contributed by atoms with Crippen LogP contribution in [0.4, 0.5) is 14.5 Å². The summed E-state index contributed by atoms with van der Waals surface area (Å²) in [5, 5.41) is 0.335. The van der Waals surface area contributed by atoms with E-state index in [4.69, 9.17) is 22.1 Å². The van der Waals surface area contributed by atoms with Gasteiger partial charge in [-0.3, -0.25) is 0 Å². The van der Waals surface area contributed by atoms with E-state index in [1.807, 2.05) is 0 Å². The van der Waals surface area contributed by atoms with Crippen molar-refractivity contribution < 1.29 is 18.3 Å². The average Bonchev–Trinajstić information content (AvgIpc) is 2.43. The lowest BCUT2D eigenvalue weighted by molar-refractivity contribution is 0.0472. The van der Waals surface area contributed by atoms with Gasteiger partial charge in [0.2, 0.25) is 0 Å². The van der Waals surface area contributed by atoms with E-state index in [9.17, 15) is 13.6 Å². The maximum absolute atomic E-state index is 13.0. The van der Waals surface area contributed by atoms with Gasteiger partial charge in [0.15, 0.2) is 11.6 Å². The Labute approximate surface area is 118 Å². The van der Waals surface area contributed by atoms with Crippen molar-refractivity contribution in [3.63, 3.8) is 0 Å². The molecule has 0 unspecified atom stereocenters. The van der Waals surface area contributed by atoms with Crippen LogP contribution in [0, 0.1) is 11.6 Å². The van der Waals surface area contributed by atoms with Crippen molar-refractivity contribution in [2.75, 3.05) is 5.73 Å². The van der Waals surface area contributed by atoms with Crippen LogP contribution in [0.1, 0.15) is 15.9 Å². The van der Waals surface area contributed by atoms with Gasteiger partial charge in [0, 0.05) is 0 Å². The lowest BCUT2D eigenvalue weighted by Gasteiger charge is -2.06. The Morgan fingerprint density at radius 3 is 2.55 bits per heavy atom. The Hall–Kier alpha value is -2.14. The van der Waals surface area contributed by atoms with Crippen LogP contribution in [-0.2, 0) is 11.3 Å². The molecule has 0 saturated carbocycles. The number of hydrogen-bond donors (Lipinski definition) is 1. The predicted octanol–water partition coefficient (Wildman–Crippen LogP) is 3.56. The maximum Gasteiger partial charge on any atom is 0.338 e. The molecule has 0 spiro atoms. The standard InChI is InChI=1S/C14H10ClF2NO2/c15-10-3-2-9(6-13(10)18)14(19)20-7-8-1-4-11(16)12(17)5-8/h1-6H,7,18H2. The van der Waals surface area contributed by atoms with Crippen LogP contribution >= 0.6 is 11.6 Å². The second-order valence-electron chi connectivity index (χ2n) is 4.06. The summed E-state index contributed by atoms with van der Waals surface area (Å²) in [6.07, 6.45) is 0. The Bertz CT molecular complexity index is 662. The quantitative estimate of drug-likeness (QED) is 0.696. The molecule has 104 valence electrons. The van der Waals surface area contributed by atoms with Crippen LogP contribution in [0.3, 0.4) is 0 Å². The van der Waals surface area contributed by atoms with Gasteiger partial charge in [0.1, 0.15) is 6.61 Å². The van der Waals surface area contributed by atoms with E-state index in [-0.39, 0.29) is 17.9 Å². The van der Waals surface area contributed by atoms with Crippen molar-refractivity contribution in [2.24, 2.45) is 0 Å². The van der Waals surface area contributed by atoms with Gasteiger partial charge in [0.05, 0.1) is 16.3 Å². The minimum Gasteiger partial charge on any atom is -0.457 e. The highest BCUT2D eigenvalue weighted by atomic mass is 35.5. The third-order valence-electron chi connectivity index (χ3n) is 2.59. The van der Waals surface area contributed by atoms with Gasteiger partial charge in [0.25, 0.3) is 0 Å². The Morgan fingerprint density at radius 1 is 1.15 bits per heavy atom. The molecule has 2 rings (SSSR count). The number of rotatable bonds is 3. The number of carbonyl (C=O) groups excluding carboxylic acids is 1. The van der Waals surface area contributed by atoms with Gasteiger partial charge in [-0.05, 0) is 35.9 Å². The molecule has 0 fully saturated rings. The van der Waals surface area contributed by atoms with Crippen LogP contribution in [0.25, 0.3) is 0 Å². The third-order valence-corrected chi connectivity index (χ3v) is 2.93. The van der Waals surface area contributed by atoms with Crippen molar-refractivity contribution in [2.45, 2.75) is 6.61 Å². The summed E-state index contributed by atoms with van der Waals surface area (Å²) in [6, 6.07) is 7.60. The van der Waals surface area contributed by atoms with Crippen LogP contribution in [-0.4, -0.2) is 5.97 Å². The first-order valence-corrected chi connectivity index (χ1v) is 6.01. The lowest BCUT2D eigenvalue weighted by atomic mass is 10.2. The molecular weight excluding hydrogens is 288 g/mol. The second-order valence-corrected chi connectivity index (χ2v) is 4.47. The Kier molecular flexibility index (Phi) is 4.20. The molecule has 20 heavy (non-hydrogen) atoms. The second kappa shape index (κ2) is 5.88. The third kappa shape index (κ3) is 3.24. The number of ether oxygens (including phenoxy) is 1. The first-order chi connectivity index (χ1) is 9.47. The fourth-order valence-corrected chi connectivity index (χ4v) is 1.65. The number of nitrogens with two attached hydrogens (primary N) is 1. The number of hydrogen-bond acceptors (Lipinski definition) is 3. The van der Waals surface area contributed by atoms with Gasteiger partial charge in [-0.2, -0.15) is 0 Å². The number of esters is 1. The largest absolute Gasteiger partial charge is 0.457 e. The number of halogens is 3. The fraction of sp³-hybridized carbons (Fsp3) is 0.0714. The van der Waals surface area contributed by atoms with Crippen LogP contribution in [0.15, 0.2) is 36.4 Å². The number of benzene rings is 2. The molecular formula is C14H10ClF2NO2. The Morgan fingerprint density at radius 2 is 1.90 bits per heavy atom. The normalized spacial score (nSPS) is 10.3. The van der Waals surface area contributed by atoms with Gasteiger partial charge >= 0.3 is 5.97 Å². The molecule has 2 N–H and O–H groups in total. The summed E-state index contributed by atoms with van der Waals surface area (Å²) in [4.78, 5) is 11.7. The van der Waals surface area contributed by atoms with E-state index in [2.05, 4.69) is 0 Å². The monoisotopic (exact) mass is 297 g/mol.